The van der Waals surface area contributed by atoms with Gasteiger partial charge in [0.15, 0.2) is 0 Å². The molecular weight excluding hydrogens is 354 g/mol. The van der Waals surface area contributed by atoms with Crippen LogP contribution in [0, 0.1) is 0 Å². The van der Waals surface area contributed by atoms with Gasteiger partial charge in [0.2, 0.25) is 0 Å². The first-order valence-corrected chi connectivity index (χ1v) is 8.82. The highest BCUT2D eigenvalue weighted by molar-refractivity contribution is 5.91. The minimum absolute atomic E-state index is 0.153. The van der Waals surface area contributed by atoms with E-state index in [1.165, 1.54) is 7.11 Å². The van der Waals surface area contributed by atoms with Gasteiger partial charge in [-0.25, -0.2) is 9.78 Å². The number of benzene rings is 3. The van der Waals surface area contributed by atoms with Crippen molar-refractivity contribution in [2.45, 2.75) is 6.54 Å². The first kappa shape index (κ1) is 17.6. The number of nitrogens with one attached hydrogen (secondary N) is 1. The lowest BCUT2D eigenvalue weighted by atomic mass is 10.1. The third kappa shape index (κ3) is 3.40. The molecule has 0 bridgehead atoms. The van der Waals surface area contributed by atoms with Gasteiger partial charge in [0, 0.05) is 17.9 Å². The Bertz CT molecular complexity index is 1150. The number of carboxylic acid groups (broad SMARTS) is 1. The van der Waals surface area contributed by atoms with Crippen LogP contribution in [-0.4, -0.2) is 27.7 Å². The Kier molecular flexibility index (Phi) is 4.68. The molecule has 140 valence electrons. The summed E-state index contributed by atoms with van der Waals surface area (Å²) in [4.78, 5) is 15.7. The number of carboxylic acids is 1. The average molecular weight is 373 g/mol. The summed E-state index contributed by atoms with van der Waals surface area (Å²) in [7, 11) is 1.47. The van der Waals surface area contributed by atoms with Gasteiger partial charge >= 0.3 is 5.97 Å². The smallest absolute Gasteiger partial charge is 0.339 e. The first-order valence-electron chi connectivity index (χ1n) is 8.82. The fourth-order valence-electron chi connectivity index (χ4n) is 3.16. The lowest BCUT2D eigenvalue weighted by Crippen LogP contribution is -2.04. The van der Waals surface area contributed by atoms with Crippen molar-refractivity contribution in [1.82, 2.24) is 9.55 Å². The minimum Gasteiger partial charge on any atom is -0.496 e. The zero-order chi connectivity index (χ0) is 19.5. The molecule has 6 nitrogen and oxygen atoms in total. The Morgan fingerprint density at radius 2 is 1.96 bits per heavy atom. The van der Waals surface area contributed by atoms with E-state index in [2.05, 4.69) is 16.4 Å². The van der Waals surface area contributed by atoms with Crippen LogP contribution in [0.3, 0.4) is 0 Å². The maximum Gasteiger partial charge on any atom is 0.339 e. The SMILES string of the molecule is COc1cc(CNc2cccc(-n3cnc4ccccc43)c2)ccc1C(=O)O. The molecule has 0 aliphatic rings. The molecule has 0 saturated heterocycles. The Hall–Kier alpha value is -3.80. The summed E-state index contributed by atoms with van der Waals surface area (Å²) in [5.41, 5.74) is 5.05. The van der Waals surface area contributed by atoms with Crippen molar-refractivity contribution in [1.29, 1.82) is 0 Å². The van der Waals surface area contributed by atoms with Crippen LogP contribution in [0.25, 0.3) is 16.7 Å². The fraction of sp³-hybridized carbons (Fsp3) is 0.0909. The number of anilines is 1. The number of imidazole rings is 1. The van der Waals surface area contributed by atoms with Crippen molar-refractivity contribution in [3.8, 4) is 11.4 Å². The molecule has 0 amide bonds. The Labute approximate surface area is 162 Å². The topological polar surface area (TPSA) is 76.4 Å². The summed E-state index contributed by atoms with van der Waals surface area (Å²) in [5.74, 6) is -0.651. The number of aromatic carboxylic acids is 1. The van der Waals surface area contributed by atoms with E-state index in [4.69, 9.17) is 4.74 Å². The van der Waals surface area contributed by atoms with E-state index >= 15 is 0 Å². The van der Waals surface area contributed by atoms with Gasteiger partial charge in [0.1, 0.15) is 17.6 Å². The van der Waals surface area contributed by atoms with Gasteiger partial charge in [-0.3, -0.25) is 4.57 Å². The van der Waals surface area contributed by atoms with Crippen molar-refractivity contribution in [3.05, 3.63) is 84.2 Å². The van der Waals surface area contributed by atoms with E-state index < -0.39 is 5.97 Å². The second-order valence-corrected chi connectivity index (χ2v) is 6.35. The van der Waals surface area contributed by atoms with Gasteiger partial charge < -0.3 is 15.2 Å². The zero-order valence-electron chi connectivity index (χ0n) is 15.3. The van der Waals surface area contributed by atoms with Crippen LogP contribution in [0.15, 0.2) is 73.1 Å². The van der Waals surface area contributed by atoms with Gasteiger partial charge in [0.25, 0.3) is 0 Å². The molecule has 0 spiro atoms. The molecule has 28 heavy (non-hydrogen) atoms. The molecule has 1 aromatic heterocycles. The predicted molar refractivity (Wildman–Crippen MR) is 108 cm³/mol. The Morgan fingerprint density at radius 3 is 2.79 bits per heavy atom. The molecule has 0 aliphatic carbocycles. The first-order chi connectivity index (χ1) is 13.7. The van der Waals surface area contributed by atoms with Crippen molar-refractivity contribution < 1.29 is 14.6 Å². The van der Waals surface area contributed by atoms with Crippen molar-refractivity contribution in [3.63, 3.8) is 0 Å². The summed E-state index contributed by atoms with van der Waals surface area (Å²) >= 11 is 0. The van der Waals surface area contributed by atoms with Gasteiger partial charge in [-0.2, -0.15) is 0 Å². The Balaban J connectivity index is 1.55. The van der Waals surface area contributed by atoms with Crippen LogP contribution < -0.4 is 10.1 Å². The molecule has 6 heteroatoms. The van der Waals surface area contributed by atoms with E-state index in [0.717, 1.165) is 28.0 Å². The largest absolute Gasteiger partial charge is 0.496 e. The van der Waals surface area contributed by atoms with Gasteiger partial charge in [-0.15, -0.1) is 0 Å². The maximum absolute atomic E-state index is 11.2. The summed E-state index contributed by atoms with van der Waals surface area (Å²) in [6.45, 7) is 0.546. The van der Waals surface area contributed by atoms with Crippen LogP contribution >= 0.6 is 0 Å². The number of hydrogen-bond acceptors (Lipinski definition) is 4. The average Bonchev–Trinajstić information content (AvgIpc) is 3.16. The predicted octanol–water partition coefficient (Wildman–Crippen LogP) is 4.34. The van der Waals surface area contributed by atoms with Crippen molar-refractivity contribution in [2.24, 2.45) is 0 Å². The standard InChI is InChI=1S/C22H19N3O3/c1-28-21-11-15(9-10-18(21)22(26)27)13-23-16-5-4-6-17(12-16)25-14-24-19-7-2-3-8-20(19)25/h2-12,14,23H,13H2,1H3,(H,26,27). The molecule has 1 heterocycles. The van der Waals surface area contributed by atoms with E-state index in [1.54, 1.807) is 18.2 Å². The van der Waals surface area contributed by atoms with Crippen LogP contribution in [0.5, 0.6) is 5.75 Å². The summed E-state index contributed by atoms with van der Waals surface area (Å²) in [6.07, 6.45) is 1.82. The maximum atomic E-state index is 11.2. The molecule has 0 aliphatic heterocycles. The number of methoxy groups -OCH3 is 1. The second-order valence-electron chi connectivity index (χ2n) is 6.35. The molecule has 4 rings (SSSR count). The zero-order valence-corrected chi connectivity index (χ0v) is 15.3. The van der Waals surface area contributed by atoms with Crippen LogP contribution in [0.2, 0.25) is 0 Å². The third-order valence-electron chi connectivity index (χ3n) is 4.57. The van der Waals surface area contributed by atoms with E-state index in [-0.39, 0.29) is 5.56 Å². The fourth-order valence-corrected chi connectivity index (χ4v) is 3.16. The highest BCUT2D eigenvalue weighted by atomic mass is 16.5. The number of carbonyl (C=O) groups is 1. The summed E-state index contributed by atoms with van der Waals surface area (Å²) < 4.78 is 7.24. The molecule has 2 N–H and O–H groups in total. The molecule has 0 radical (unpaired) electrons. The highest BCUT2D eigenvalue weighted by Gasteiger charge is 2.11. The number of para-hydroxylation sites is 2. The number of rotatable bonds is 6. The monoisotopic (exact) mass is 373 g/mol. The summed E-state index contributed by atoms with van der Waals surface area (Å²) in [6, 6.07) is 21.1. The lowest BCUT2D eigenvalue weighted by Gasteiger charge is -2.11. The van der Waals surface area contributed by atoms with Gasteiger partial charge in [-0.05, 0) is 48.0 Å². The van der Waals surface area contributed by atoms with Crippen LogP contribution in [-0.2, 0) is 6.54 Å². The Morgan fingerprint density at radius 1 is 1.11 bits per heavy atom. The normalized spacial score (nSPS) is 10.8. The molecule has 0 unspecified atom stereocenters. The number of fused-ring (bicyclic) bond motifs is 1. The molecule has 4 aromatic rings. The second kappa shape index (κ2) is 7.44. The highest BCUT2D eigenvalue weighted by Crippen LogP contribution is 2.23. The molecule has 0 atom stereocenters. The lowest BCUT2D eigenvalue weighted by molar-refractivity contribution is 0.0693. The van der Waals surface area contributed by atoms with E-state index in [0.29, 0.717) is 12.3 Å². The molecule has 0 saturated carbocycles. The van der Waals surface area contributed by atoms with Crippen molar-refractivity contribution >= 4 is 22.7 Å². The van der Waals surface area contributed by atoms with Crippen LogP contribution in [0.1, 0.15) is 15.9 Å². The number of ether oxygens (including phenoxy) is 1. The van der Waals surface area contributed by atoms with Crippen LogP contribution in [0.4, 0.5) is 5.69 Å². The molecular formula is C22H19N3O3. The number of nitrogens with zero attached hydrogens (tertiary/aromatic N) is 2. The molecule has 3 aromatic carbocycles. The van der Waals surface area contributed by atoms with Gasteiger partial charge in [-0.1, -0.05) is 24.3 Å². The van der Waals surface area contributed by atoms with E-state index in [1.807, 2.05) is 53.4 Å². The minimum atomic E-state index is -1.00. The number of hydrogen-bond donors (Lipinski definition) is 2. The quantitative estimate of drug-likeness (QED) is 0.526. The van der Waals surface area contributed by atoms with E-state index in [9.17, 15) is 9.90 Å². The molecule has 0 fully saturated rings. The third-order valence-corrected chi connectivity index (χ3v) is 4.57. The van der Waals surface area contributed by atoms with Crippen molar-refractivity contribution in [2.75, 3.05) is 12.4 Å². The number of aromatic nitrogens is 2. The van der Waals surface area contributed by atoms with Gasteiger partial charge in [0.05, 0.1) is 18.1 Å². The summed E-state index contributed by atoms with van der Waals surface area (Å²) in [5, 5.41) is 12.6.